The molecule has 174 valence electrons. The van der Waals surface area contributed by atoms with Gasteiger partial charge in [0.05, 0.1) is 11.3 Å². The number of carbonyl (C=O) groups excluding carboxylic acids is 1. The van der Waals surface area contributed by atoms with Crippen LogP contribution in [0.25, 0.3) is 5.57 Å². The molecule has 0 unspecified atom stereocenters. The highest BCUT2D eigenvalue weighted by atomic mass is 32.2. The molecule has 1 fully saturated rings. The molecule has 3 N–H and O–H groups in total. The van der Waals surface area contributed by atoms with Crippen molar-refractivity contribution < 1.29 is 31.1 Å². The van der Waals surface area contributed by atoms with Crippen molar-refractivity contribution >= 4 is 33.1 Å². The second-order valence-electron chi connectivity index (χ2n) is 8.44. The van der Waals surface area contributed by atoms with Crippen molar-refractivity contribution in [2.45, 2.75) is 44.0 Å². The summed E-state index contributed by atoms with van der Waals surface area (Å²) in [6.07, 6.45) is -0.362. The number of rotatable bonds is 2. The minimum atomic E-state index is -4.49. The van der Waals surface area contributed by atoms with Crippen LogP contribution in [-0.2, 0) is 27.7 Å². The first-order valence-electron chi connectivity index (χ1n) is 10.4. The second-order valence-corrected chi connectivity index (χ2v) is 9.94. The Morgan fingerprint density at radius 1 is 1.18 bits per heavy atom. The van der Waals surface area contributed by atoms with E-state index < -0.39 is 33.5 Å². The summed E-state index contributed by atoms with van der Waals surface area (Å²) in [6.45, 7) is 0.0116. The topological polar surface area (TPSA) is 96.5 Å². The summed E-state index contributed by atoms with van der Waals surface area (Å²) in [5, 5.41) is 2.76. The number of hydrogen-bond donors (Lipinski definition) is 3. The number of nitrogens with one attached hydrogen (secondary N) is 3. The Morgan fingerprint density at radius 2 is 1.97 bits per heavy atom. The number of benzene rings is 2. The molecular formula is C22H20F3N3O4S. The number of ether oxygens (including phenoxy) is 1. The molecule has 2 aliphatic heterocycles. The third-order valence-electron chi connectivity index (χ3n) is 6.18. The molecule has 5 rings (SSSR count). The van der Waals surface area contributed by atoms with Gasteiger partial charge in [0.15, 0.2) is 0 Å². The smallest absolute Gasteiger partial charge is 0.416 e. The van der Waals surface area contributed by atoms with Crippen LogP contribution in [0.15, 0.2) is 42.5 Å². The maximum Gasteiger partial charge on any atom is 0.416 e. The number of carbonyl (C=O) groups is 1. The molecule has 11 heteroatoms. The Hall–Kier alpha value is -3.05. The zero-order chi connectivity index (χ0) is 23.4. The molecule has 1 saturated carbocycles. The van der Waals surface area contributed by atoms with E-state index in [1.807, 2.05) is 0 Å². The van der Waals surface area contributed by atoms with Crippen molar-refractivity contribution in [2.75, 3.05) is 10.0 Å². The highest BCUT2D eigenvalue weighted by Gasteiger charge is 2.44. The summed E-state index contributed by atoms with van der Waals surface area (Å²) in [5.41, 5.74) is 1.05. The van der Waals surface area contributed by atoms with Gasteiger partial charge in [-0.2, -0.15) is 26.3 Å². The highest BCUT2D eigenvalue weighted by molar-refractivity contribution is 7.90. The predicted molar refractivity (Wildman–Crippen MR) is 116 cm³/mol. The molecular weight excluding hydrogens is 459 g/mol. The summed E-state index contributed by atoms with van der Waals surface area (Å²) < 4.78 is 73.7. The predicted octanol–water partition coefficient (Wildman–Crippen LogP) is 4.19. The Kier molecular flexibility index (Phi) is 4.94. The van der Waals surface area contributed by atoms with Gasteiger partial charge < -0.3 is 10.1 Å². The van der Waals surface area contributed by atoms with Gasteiger partial charge in [0, 0.05) is 35.9 Å². The molecule has 1 aliphatic carbocycles. The third kappa shape index (κ3) is 4.18. The van der Waals surface area contributed by atoms with E-state index >= 15 is 0 Å². The molecule has 7 nitrogen and oxygen atoms in total. The van der Waals surface area contributed by atoms with Gasteiger partial charge in [0.25, 0.3) is 10.2 Å². The van der Waals surface area contributed by atoms with Crippen molar-refractivity contribution in [1.82, 2.24) is 4.72 Å². The number of hydrogen-bond acceptors (Lipinski definition) is 4. The number of fused-ring (bicyclic) bond motifs is 2. The average molecular weight is 479 g/mol. The first-order chi connectivity index (χ1) is 15.5. The van der Waals surface area contributed by atoms with E-state index in [1.54, 1.807) is 18.2 Å². The molecule has 2 heterocycles. The van der Waals surface area contributed by atoms with Crippen LogP contribution in [0.2, 0.25) is 0 Å². The van der Waals surface area contributed by atoms with Crippen LogP contribution in [0.5, 0.6) is 5.75 Å². The van der Waals surface area contributed by atoms with Gasteiger partial charge in [-0.05, 0) is 49.1 Å². The first-order valence-corrected chi connectivity index (χ1v) is 11.8. The molecule has 0 atom stereocenters. The van der Waals surface area contributed by atoms with Crippen molar-refractivity contribution in [1.29, 1.82) is 0 Å². The standard InChI is InChI=1S/C22H20F3N3O4S/c23-22(24,25)14-5-6-15-13(11-21(7-2-8-21)32-19(15)10-14)9-20(29)27-17-3-1-4-18-16(17)12-26-33(30,31)28-18/h1,3-6,9-10,26,28H,2,7-8,11-12H2,(H,27,29). The fraction of sp³-hybridized carbons (Fsp3) is 0.318. The van der Waals surface area contributed by atoms with Crippen LogP contribution in [0.4, 0.5) is 24.5 Å². The van der Waals surface area contributed by atoms with Gasteiger partial charge in [-0.15, -0.1) is 0 Å². The molecule has 0 bridgehead atoms. The van der Waals surface area contributed by atoms with Crippen molar-refractivity contribution in [2.24, 2.45) is 0 Å². The SMILES string of the molecule is O=C(C=C1CC2(CCC2)Oc2cc(C(F)(F)F)ccc21)Nc1cccc2c1CNS(=O)(=O)N2. The summed E-state index contributed by atoms with van der Waals surface area (Å²) in [4.78, 5) is 12.9. The zero-order valence-corrected chi connectivity index (χ0v) is 18.1. The lowest BCUT2D eigenvalue weighted by atomic mass is 9.72. The van der Waals surface area contributed by atoms with Crippen LogP contribution < -0.4 is 19.5 Å². The number of amides is 1. The molecule has 0 radical (unpaired) electrons. The molecule has 2 aromatic carbocycles. The van der Waals surface area contributed by atoms with Crippen LogP contribution in [-0.4, -0.2) is 19.9 Å². The van der Waals surface area contributed by atoms with Gasteiger partial charge in [-0.3, -0.25) is 9.52 Å². The minimum absolute atomic E-state index is 0.0116. The lowest BCUT2D eigenvalue weighted by Gasteiger charge is -2.46. The molecule has 33 heavy (non-hydrogen) atoms. The molecule has 1 spiro atoms. The Morgan fingerprint density at radius 3 is 2.67 bits per heavy atom. The fourth-order valence-electron chi connectivity index (χ4n) is 4.40. The van der Waals surface area contributed by atoms with E-state index in [9.17, 15) is 26.4 Å². The van der Waals surface area contributed by atoms with Crippen LogP contribution in [0.3, 0.4) is 0 Å². The number of anilines is 2. The molecule has 0 aromatic heterocycles. The van der Waals surface area contributed by atoms with Crippen LogP contribution in [0.1, 0.15) is 42.4 Å². The minimum Gasteiger partial charge on any atom is -0.486 e. The van der Waals surface area contributed by atoms with Crippen molar-refractivity contribution in [3.63, 3.8) is 0 Å². The largest absolute Gasteiger partial charge is 0.486 e. The third-order valence-corrected chi connectivity index (χ3v) is 7.19. The van der Waals surface area contributed by atoms with E-state index in [4.69, 9.17) is 4.74 Å². The first kappa shape index (κ1) is 21.8. The number of alkyl halides is 3. The maximum atomic E-state index is 13.2. The van der Waals surface area contributed by atoms with E-state index in [-0.39, 0.29) is 12.3 Å². The summed E-state index contributed by atoms with van der Waals surface area (Å²) in [5.74, 6) is -0.334. The average Bonchev–Trinajstić information content (AvgIpc) is 2.70. The Balaban J connectivity index is 1.46. The van der Waals surface area contributed by atoms with Gasteiger partial charge in [-0.1, -0.05) is 12.1 Å². The Labute approximate surface area is 188 Å². The monoisotopic (exact) mass is 479 g/mol. The molecule has 3 aliphatic rings. The lowest BCUT2D eigenvalue weighted by molar-refractivity contribution is -0.138. The Bertz CT molecular complexity index is 1280. The summed E-state index contributed by atoms with van der Waals surface area (Å²) in [7, 11) is -3.64. The molecule has 0 saturated heterocycles. The molecule has 2 aromatic rings. The van der Waals surface area contributed by atoms with E-state index in [1.165, 1.54) is 12.1 Å². The van der Waals surface area contributed by atoms with E-state index in [0.717, 1.165) is 18.6 Å². The molecule has 1 amide bonds. The van der Waals surface area contributed by atoms with Gasteiger partial charge in [-0.25, -0.2) is 0 Å². The fourth-order valence-corrected chi connectivity index (χ4v) is 5.29. The quantitative estimate of drug-likeness (QED) is 0.563. The summed E-state index contributed by atoms with van der Waals surface area (Å²) in [6, 6.07) is 8.17. The van der Waals surface area contributed by atoms with Crippen molar-refractivity contribution in [3.8, 4) is 5.75 Å². The van der Waals surface area contributed by atoms with Gasteiger partial charge >= 0.3 is 6.18 Å². The van der Waals surface area contributed by atoms with Gasteiger partial charge in [0.1, 0.15) is 11.4 Å². The maximum absolute atomic E-state index is 13.2. The van der Waals surface area contributed by atoms with E-state index in [2.05, 4.69) is 14.8 Å². The second kappa shape index (κ2) is 7.49. The zero-order valence-electron chi connectivity index (χ0n) is 17.3. The normalized spacial score (nSPS) is 21.2. The summed E-state index contributed by atoms with van der Waals surface area (Å²) >= 11 is 0. The van der Waals surface area contributed by atoms with Gasteiger partial charge in [0.2, 0.25) is 5.91 Å². The van der Waals surface area contributed by atoms with Crippen molar-refractivity contribution in [3.05, 3.63) is 59.2 Å². The van der Waals surface area contributed by atoms with E-state index in [0.29, 0.717) is 47.3 Å². The highest BCUT2D eigenvalue weighted by Crippen LogP contribution is 2.50. The van der Waals surface area contributed by atoms with Crippen LogP contribution >= 0.6 is 0 Å². The number of halogens is 3. The van der Waals surface area contributed by atoms with Crippen LogP contribution in [0, 0.1) is 0 Å². The lowest BCUT2D eigenvalue weighted by Crippen LogP contribution is -2.45.